The van der Waals surface area contributed by atoms with Crippen molar-refractivity contribution in [1.82, 2.24) is 24.9 Å². The van der Waals surface area contributed by atoms with E-state index in [0.29, 0.717) is 30.9 Å². The quantitative estimate of drug-likeness (QED) is 0.820. The molecule has 0 radical (unpaired) electrons. The SMILES string of the molecule is Cn1nccc1C(=O)NCCCn1nc(C(F)(F)F)cc1C1CC1. The van der Waals surface area contributed by atoms with Crippen molar-refractivity contribution < 1.29 is 18.0 Å². The molecule has 1 aliphatic carbocycles. The molecule has 2 aromatic heterocycles. The van der Waals surface area contributed by atoms with Crippen LogP contribution in [0.1, 0.15) is 47.1 Å². The van der Waals surface area contributed by atoms with Gasteiger partial charge in [0.1, 0.15) is 5.69 Å². The van der Waals surface area contributed by atoms with Gasteiger partial charge in [0.05, 0.1) is 0 Å². The van der Waals surface area contributed by atoms with Crippen molar-refractivity contribution >= 4 is 5.91 Å². The molecular formula is C15H18F3N5O. The smallest absolute Gasteiger partial charge is 0.351 e. The zero-order valence-electron chi connectivity index (χ0n) is 13.2. The van der Waals surface area contributed by atoms with Crippen LogP contribution in [0.2, 0.25) is 0 Å². The lowest BCUT2D eigenvalue weighted by Gasteiger charge is -2.08. The van der Waals surface area contributed by atoms with Gasteiger partial charge >= 0.3 is 6.18 Å². The van der Waals surface area contributed by atoms with Crippen molar-refractivity contribution in [2.75, 3.05) is 6.54 Å². The molecule has 0 unspecified atom stereocenters. The standard InChI is InChI=1S/C15H18F3N5O/c1-22-11(5-7-20-22)14(24)19-6-2-8-23-12(10-3-4-10)9-13(21-23)15(16,17)18/h5,7,9-10H,2-4,6,8H2,1H3,(H,19,24). The molecular weight excluding hydrogens is 323 g/mol. The first-order valence-electron chi connectivity index (χ1n) is 7.77. The number of carbonyl (C=O) groups excluding carboxylic acids is 1. The van der Waals surface area contributed by atoms with Gasteiger partial charge in [0, 0.05) is 37.9 Å². The van der Waals surface area contributed by atoms with Gasteiger partial charge in [-0.15, -0.1) is 0 Å². The maximum absolute atomic E-state index is 12.8. The third-order valence-corrected chi connectivity index (χ3v) is 3.98. The van der Waals surface area contributed by atoms with Crippen molar-refractivity contribution in [2.45, 2.75) is 37.9 Å². The van der Waals surface area contributed by atoms with Crippen LogP contribution in [0.4, 0.5) is 13.2 Å². The molecule has 2 aromatic rings. The molecule has 130 valence electrons. The molecule has 1 aliphatic rings. The maximum atomic E-state index is 12.8. The number of hydrogen-bond donors (Lipinski definition) is 1. The highest BCUT2D eigenvalue weighted by molar-refractivity contribution is 5.92. The molecule has 0 atom stereocenters. The lowest BCUT2D eigenvalue weighted by Crippen LogP contribution is -2.27. The second-order valence-electron chi connectivity index (χ2n) is 5.90. The molecule has 3 rings (SSSR count). The lowest BCUT2D eigenvalue weighted by molar-refractivity contribution is -0.141. The van der Waals surface area contributed by atoms with Crippen molar-refractivity contribution in [1.29, 1.82) is 0 Å². The van der Waals surface area contributed by atoms with Crippen LogP contribution in [0.3, 0.4) is 0 Å². The number of nitrogens with zero attached hydrogens (tertiary/aromatic N) is 4. The molecule has 9 heteroatoms. The molecule has 1 N–H and O–H groups in total. The highest BCUT2D eigenvalue weighted by atomic mass is 19.4. The van der Waals surface area contributed by atoms with E-state index in [1.54, 1.807) is 13.1 Å². The summed E-state index contributed by atoms with van der Waals surface area (Å²) in [4.78, 5) is 11.9. The molecule has 0 aliphatic heterocycles. The van der Waals surface area contributed by atoms with Gasteiger partial charge in [-0.2, -0.15) is 23.4 Å². The number of rotatable bonds is 6. The van der Waals surface area contributed by atoms with Crippen LogP contribution in [0.5, 0.6) is 0 Å². The van der Waals surface area contributed by atoms with E-state index in [-0.39, 0.29) is 11.8 Å². The number of aromatic nitrogens is 4. The Morgan fingerprint density at radius 3 is 2.75 bits per heavy atom. The minimum Gasteiger partial charge on any atom is -0.351 e. The van der Waals surface area contributed by atoms with E-state index < -0.39 is 11.9 Å². The number of hydrogen-bond acceptors (Lipinski definition) is 3. The van der Waals surface area contributed by atoms with Gasteiger partial charge in [-0.05, 0) is 31.4 Å². The van der Waals surface area contributed by atoms with Gasteiger partial charge in [0.2, 0.25) is 0 Å². The number of alkyl halides is 3. The Hall–Kier alpha value is -2.32. The summed E-state index contributed by atoms with van der Waals surface area (Å²) in [5.41, 5.74) is 0.232. The zero-order chi connectivity index (χ0) is 17.3. The first kappa shape index (κ1) is 16.5. The number of carbonyl (C=O) groups is 1. The third kappa shape index (κ3) is 3.60. The Labute approximate surface area is 136 Å². The first-order chi connectivity index (χ1) is 11.4. The number of aryl methyl sites for hydroxylation is 2. The fraction of sp³-hybridized carbons (Fsp3) is 0.533. The fourth-order valence-corrected chi connectivity index (χ4v) is 2.57. The largest absolute Gasteiger partial charge is 0.435 e. The van der Waals surface area contributed by atoms with Crippen molar-refractivity contribution in [2.24, 2.45) is 7.05 Å². The summed E-state index contributed by atoms with van der Waals surface area (Å²) in [6.45, 7) is 0.697. The van der Waals surface area contributed by atoms with E-state index in [9.17, 15) is 18.0 Å². The third-order valence-electron chi connectivity index (χ3n) is 3.98. The Morgan fingerprint density at radius 1 is 1.42 bits per heavy atom. The van der Waals surface area contributed by atoms with Gasteiger partial charge in [-0.25, -0.2) is 0 Å². The molecule has 24 heavy (non-hydrogen) atoms. The Bertz CT molecular complexity index is 730. The van der Waals surface area contributed by atoms with Gasteiger partial charge in [-0.1, -0.05) is 0 Å². The second-order valence-corrected chi connectivity index (χ2v) is 5.90. The lowest BCUT2D eigenvalue weighted by atomic mass is 10.2. The number of amides is 1. The van der Waals surface area contributed by atoms with E-state index in [0.717, 1.165) is 18.9 Å². The van der Waals surface area contributed by atoms with Crippen molar-refractivity contribution in [3.8, 4) is 0 Å². The summed E-state index contributed by atoms with van der Waals surface area (Å²) >= 11 is 0. The monoisotopic (exact) mass is 341 g/mol. The normalized spacial score (nSPS) is 14.8. The second kappa shape index (κ2) is 6.29. The Morgan fingerprint density at radius 2 is 2.17 bits per heavy atom. The first-order valence-corrected chi connectivity index (χ1v) is 7.77. The van der Waals surface area contributed by atoms with Crippen LogP contribution in [0, 0.1) is 0 Å². The predicted molar refractivity (Wildman–Crippen MR) is 79.4 cm³/mol. The molecule has 1 saturated carbocycles. The van der Waals surface area contributed by atoms with E-state index in [2.05, 4.69) is 15.5 Å². The van der Waals surface area contributed by atoms with E-state index in [4.69, 9.17) is 0 Å². The van der Waals surface area contributed by atoms with Crippen molar-refractivity contribution in [3.05, 3.63) is 35.4 Å². The van der Waals surface area contributed by atoms with Gasteiger partial charge < -0.3 is 5.32 Å². The molecule has 1 fully saturated rings. The minimum absolute atomic E-state index is 0.178. The average Bonchev–Trinajstić information content (AvgIpc) is 3.11. The molecule has 0 spiro atoms. The van der Waals surface area contributed by atoms with Crippen LogP contribution < -0.4 is 5.32 Å². The Kier molecular flexibility index (Phi) is 4.33. The highest BCUT2D eigenvalue weighted by Crippen LogP contribution is 2.42. The number of halogens is 3. The highest BCUT2D eigenvalue weighted by Gasteiger charge is 2.37. The summed E-state index contributed by atoms with van der Waals surface area (Å²) < 4.78 is 41.3. The summed E-state index contributed by atoms with van der Waals surface area (Å²) in [7, 11) is 1.67. The minimum atomic E-state index is -4.43. The Balaban J connectivity index is 1.56. The molecule has 0 saturated heterocycles. The van der Waals surface area contributed by atoms with Crippen LogP contribution in [0.25, 0.3) is 0 Å². The van der Waals surface area contributed by atoms with Crippen LogP contribution >= 0.6 is 0 Å². The maximum Gasteiger partial charge on any atom is 0.435 e. The topological polar surface area (TPSA) is 64.7 Å². The van der Waals surface area contributed by atoms with E-state index >= 15 is 0 Å². The molecule has 0 aromatic carbocycles. The number of nitrogens with one attached hydrogen (secondary N) is 1. The molecule has 0 bridgehead atoms. The van der Waals surface area contributed by atoms with Crippen molar-refractivity contribution in [3.63, 3.8) is 0 Å². The van der Waals surface area contributed by atoms with E-state index in [1.165, 1.54) is 15.6 Å². The molecule has 2 heterocycles. The summed E-state index contributed by atoms with van der Waals surface area (Å²) in [5.74, 6) is -0.0773. The van der Waals surface area contributed by atoms with Crippen LogP contribution in [0.15, 0.2) is 18.3 Å². The van der Waals surface area contributed by atoms with Crippen LogP contribution in [-0.2, 0) is 19.8 Å². The van der Waals surface area contributed by atoms with E-state index in [1.807, 2.05) is 0 Å². The zero-order valence-corrected chi connectivity index (χ0v) is 13.2. The average molecular weight is 341 g/mol. The summed E-state index contributed by atoms with van der Waals surface area (Å²) in [6.07, 6.45) is -0.593. The van der Waals surface area contributed by atoms with Gasteiger partial charge in [-0.3, -0.25) is 14.2 Å². The summed E-state index contributed by atoms with van der Waals surface area (Å²) in [5, 5.41) is 10.3. The fourth-order valence-electron chi connectivity index (χ4n) is 2.57. The van der Waals surface area contributed by atoms with Gasteiger partial charge in [0.15, 0.2) is 5.69 Å². The molecule has 1 amide bonds. The molecule has 6 nitrogen and oxygen atoms in total. The predicted octanol–water partition coefficient (Wildman–Crippen LogP) is 2.33. The van der Waals surface area contributed by atoms with Gasteiger partial charge in [0.25, 0.3) is 5.91 Å². The van der Waals surface area contributed by atoms with Crippen LogP contribution in [-0.4, -0.2) is 32.0 Å². The summed E-state index contributed by atoms with van der Waals surface area (Å²) in [6, 6.07) is 2.75.